The zero-order valence-electron chi connectivity index (χ0n) is 13.1. The molecule has 1 aromatic heterocycles. The molecule has 0 unspecified atom stereocenters. The van der Waals surface area contributed by atoms with Crippen molar-refractivity contribution in [2.24, 2.45) is 0 Å². The Morgan fingerprint density at radius 3 is 2.65 bits per heavy atom. The summed E-state index contributed by atoms with van der Waals surface area (Å²) in [5.74, 6) is 0.395. The molecule has 2 atom stereocenters. The van der Waals surface area contributed by atoms with Gasteiger partial charge in [0.15, 0.2) is 0 Å². The van der Waals surface area contributed by atoms with Gasteiger partial charge in [0, 0.05) is 13.1 Å². The van der Waals surface area contributed by atoms with E-state index in [0.717, 1.165) is 5.69 Å². The van der Waals surface area contributed by atoms with Crippen molar-refractivity contribution in [3.05, 3.63) is 30.3 Å². The summed E-state index contributed by atoms with van der Waals surface area (Å²) >= 11 is 1.35. The molecule has 0 radical (unpaired) electrons. The monoisotopic (exact) mass is 333 g/mol. The quantitative estimate of drug-likeness (QED) is 0.787. The van der Waals surface area contributed by atoms with Gasteiger partial charge in [0.1, 0.15) is 0 Å². The van der Waals surface area contributed by atoms with Crippen molar-refractivity contribution in [2.75, 3.05) is 18.8 Å². The van der Waals surface area contributed by atoms with E-state index in [1.165, 1.54) is 11.8 Å². The van der Waals surface area contributed by atoms with Gasteiger partial charge in [-0.3, -0.25) is 4.79 Å². The lowest BCUT2D eigenvalue weighted by Gasteiger charge is -2.35. The number of aromatic nitrogens is 4. The van der Waals surface area contributed by atoms with Crippen LogP contribution in [0.3, 0.4) is 0 Å². The average Bonchev–Trinajstić information content (AvgIpc) is 3.01. The van der Waals surface area contributed by atoms with Gasteiger partial charge < -0.3 is 9.64 Å². The molecule has 122 valence electrons. The maximum absolute atomic E-state index is 12.4. The fourth-order valence-corrected chi connectivity index (χ4v) is 3.39. The van der Waals surface area contributed by atoms with Gasteiger partial charge in [0.25, 0.3) is 0 Å². The number of rotatable bonds is 4. The van der Waals surface area contributed by atoms with Gasteiger partial charge >= 0.3 is 0 Å². The molecule has 23 heavy (non-hydrogen) atoms. The molecule has 1 amide bonds. The van der Waals surface area contributed by atoms with E-state index in [0.29, 0.717) is 24.0 Å². The number of tetrazole rings is 1. The molecule has 0 saturated carbocycles. The summed E-state index contributed by atoms with van der Waals surface area (Å²) in [6.45, 7) is 5.23. The molecule has 0 aliphatic carbocycles. The first-order valence-electron chi connectivity index (χ1n) is 7.53. The van der Waals surface area contributed by atoms with Gasteiger partial charge in [-0.2, -0.15) is 4.68 Å². The zero-order valence-corrected chi connectivity index (χ0v) is 13.9. The lowest BCUT2D eigenvalue weighted by molar-refractivity contribution is -0.140. The summed E-state index contributed by atoms with van der Waals surface area (Å²) < 4.78 is 7.30. The van der Waals surface area contributed by atoms with E-state index < -0.39 is 0 Å². The lowest BCUT2D eigenvalue weighted by atomic mass is 10.2. The zero-order chi connectivity index (χ0) is 16.2. The summed E-state index contributed by atoms with van der Waals surface area (Å²) in [6, 6.07) is 9.63. The fraction of sp³-hybridized carbons (Fsp3) is 0.467. The van der Waals surface area contributed by atoms with E-state index in [-0.39, 0.29) is 18.1 Å². The largest absolute Gasteiger partial charge is 0.372 e. The third-order valence-electron chi connectivity index (χ3n) is 3.54. The number of para-hydroxylation sites is 1. The lowest BCUT2D eigenvalue weighted by Crippen LogP contribution is -2.48. The molecule has 3 rings (SSSR count). The minimum atomic E-state index is 0.0716. The maximum atomic E-state index is 12.4. The SMILES string of the molecule is C[C@@H]1CN(C(=O)CSc2nnnn2-c2ccccc2)C[C@H](C)O1. The van der Waals surface area contributed by atoms with Crippen molar-refractivity contribution in [1.29, 1.82) is 0 Å². The maximum Gasteiger partial charge on any atom is 0.233 e. The molecule has 1 aromatic carbocycles. The van der Waals surface area contributed by atoms with Crippen molar-refractivity contribution < 1.29 is 9.53 Å². The molecule has 0 spiro atoms. The van der Waals surface area contributed by atoms with E-state index >= 15 is 0 Å². The molecule has 2 heterocycles. The summed E-state index contributed by atoms with van der Waals surface area (Å²) in [4.78, 5) is 14.3. The van der Waals surface area contributed by atoms with Crippen LogP contribution >= 0.6 is 11.8 Å². The standard InChI is InChI=1S/C15H19N5O2S/c1-11-8-19(9-12(2)22-11)14(21)10-23-15-16-17-18-20(15)13-6-4-3-5-7-13/h3-7,11-12H,8-10H2,1-2H3/t11-,12+. The van der Waals surface area contributed by atoms with Gasteiger partial charge in [0.05, 0.1) is 23.6 Å². The predicted molar refractivity (Wildman–Crippen MR) is 86.5 cm³/mol. The third kappa shape index (κ3) is 3.89. The highest BCUT2D eigenvalue weighted by Gasteiger charge is 2.26. The highest BCUT2D eigenvalue weighted by Crippen LogP contribution is 2.19. The third-order valence-corrected chi connectivity index (χ3v) is 4.44. The second kappa shape index (κ2) is 7.10. The first-order chi connectivity index (χ1) is 11.1. The van der Waals surface area contributed by atoms with Gasteiger partial charge in [-0.1, -0.05) is 30.0 Å². The minimum absolute atomic E-state index is 0.0716. The molecule has 7 nitrogen and oxygen atoms in total. The summed E-state index contributed by atoms with van der Waals surface area (Å²) in [5, 5.41) is 12.3. The Labute approximate surface area is 139 Å². The second-order valence-electron chi connectivity index (χ2n) is 5.55. The van der Waals surface area contributed by atoms with Crippen LogP contribution in [-0.2, 0) is 9.53 Å². The van der Waals surface area contributed by atoms with E-state index in [4.69, 9.17) is 4.74 Å². The van der Waals surface area contributed by atoms with Crippen molar-refractivity contribution in [1.82, 2.24) is 25.1 Å². The first kappa shape index (κ1) is 15.9. The van der Waals surface area contributed by atoms with Crippen LogP contribution in [0.4, 0.5) is 0 Å². The highest BCUT2D eigenvalue weighted by atomic mass is 32.2. The number of ether oxygens (including phenoxy) is 1. The number of hydrogen-bond acceptors (Lipinski definition) is 6. The Morgan fingerprint density at radius 1 is 1.26 bits per heavy atom. The molecule has 2 aromatic rings. The van der Waals surface area contributed by atoms with Crippen LogP contribution in [0.5, 0.6) is 0 Å². The van der Waals surface area contributed by atoms with Crippen LogP contribution in [0, 0.1) is 0 Å². The normalized spacial score (nSPS) is 21.4. The molecule has 1 fully saturated rings. The number of amides is 1. The Morgan fingerprint density at radius 2 is 1.96 bits per heavy atom. The van der Waals surface area contributed by atoms with Crippen LogP contribution < -0.4 is 0 Å². The van der Waals surface area contributed by atoms with Crippen LogP contribution in [0.1, 0.15) is 13.8 Å². The second-order valence-corrected chi connectivity index (χ2v) is 6.50. The first-order valence-corrected chi connectivity index (χ1v) is 8.52. The fourth-order valence-electron chi connectivity index (χ4n) is 2.60. The van der Waals surface area contributed by atoms with Crippen molar-refractivity contribution >= 4 is 17.7 Å². The van der Waals surface area contributed by atoms with Crippen LogP contribution in [0.25, 0.3) is 5.69 Å². The van der Waals surface area contributed by atoms with E-state index in [1.54, 1.807) is 4.68 Å². The number of benzene rings is 1. The topological polar surface area (TPSA) is 73.1 Å². The molecular weight excluding hydrogens is 314 g/mol. The Bertz CT molecular complexity index is 653. The number of hydrogen-bond donors (Lipinski definition) is 0. The van der Waals surface area contributed by atoms with Crippen LogP contribution in [0.2, 0.25) is 0 Å². The number of morpholine rings is 1. The Balaban J connectivity index is 1.63. The molecule has 1 aliphatic heterocycles. The molecule has 8 heteroatoms. The van der Waals surface area contributed by atoms with Crippen molar-refractivity contribution in [3.8, 4) is 5.69 Å². The van der Waals surface area contributed by atoms with Gasteiger partial charge in [-0.05, 0) is 36.4 Å². The van der Waals surface area contributed by atoms with Crippen molar-refractivity contribution in [3.63, 3.8) is 0 Å². The number of thioether (sulfide) groups is 1. The molecule has 1 aliphatic rings. The summed E-state index contributed by atoms with van der Waals surface area (Å²) in [7, 11) is 0. The minimum Gasteiger partial charge on any atom is -0.372 e. The highest BCUT2D eigenvalue weighted by molar-refractivity contribution is 7.99. The summed E-state index contributed by atoms with van der Waals surface area (Å²) in [5.41, 5.74) is 0.876. The predicted octanol–water partition coefficient (Wildman–Crippen LogP) is 1.39. The summed E-state index contributed by atoms with van der Waals surface area (Å²) in [6.07, 6.45) is 0.143. The number of carbonyl (C=O) groups excluding carboxylic acids is 1. The van der Waals surface area contributed by atoms with Gasteiger partial charge in [-0.15, -0.1) is 5.10 Å². The smallest absolute Gasteiger partial charge is 0.233 e. The van der Waals surface area contributed by atoms with E-state index in [2.05, 4.69) is 15.5 Å². The molecule has 0 bridgehead atoms. The van der Waals surface area contributed by atoms with Crippen LogP contribution in [-0.4, -0.2) is 62.1 Å². The number of nitrogens with zero attached hydrogens (tertiary/aromatic N) is 5. The molecular formula is C15H19N5O2S. The Kier molecular flexibility index (Phi) is 4.92. The molecule has 0 N–H and O–H groups in total. The van der Waals surface area contributed by atoms with Crippen LogP contribution in [0.15, 0.2) is 35.5 Å². The van der Waals surface area contributed by atoms with Crippen molar-refractivity contribution in [2.45, 2.75) is 31.2 Å². The van der Waals surface area contributed by atoms with Gasteiger partial charge in [0.2, 0.25) is 11.1 Å². The number of carbonyl (C=O) groups is 1. The molecule has 1 saturated heterocycles. The van der Waals surface area contributed by atoms with E-state index in [9.17, 15) is 4.79 Å². The van der Waals surface area contributed by atoms with Gasteiger partial charge in [-0.25, -0.2) is 0 Å². The average molecular weight is 333 g/mol. The Hall–Kier alpha value is -1.93. The van der Waals surface area contributed by atoms with E-state index in [1.807, 2.05) is 49.1 Å².